The van der Waals surface area contributed by atoms with E-state index in [4.69, 9.17) is 10.8 Å². The third-order valence-corrected chi connectivity index (χ3v) is 4.03. The van der Waals surface area contributed by atoms with Gasteiger partial charge in [0.1, 0.15) is 0 Å². The monoisotopic (exact) mass is 240 g/mol. The molecule has 0 radical (unpaired) electrons. The summed E-state index contributed by atoms with van der Waals surface area (Å²) in [5, 5.41) is 9.11. The molecule has 0 aromatic carbocycles. The summed E-state index contributed by atoms with van der Waals surface area (Å²) < 4.78 is 0. The molecule has 0 aromatic rings. The van der Waals surface area contributed by atoms with E-state index < -0.39 is 12.0 Å². The SMILES string of the molecule is CCC[C@@H](N)C(=O)N1C2CCC1C(C(=O)O)C2. The molecule has 2 fully saturated rings. The molecule has 2 saturated heterocycles. The van der Waals surface area contributed by atoms with Crippen molar-refractivity contribution in [3.05, 3.63) is 0 Å². The van der Waals surface area contributed by atoms with E-state index in [2.05, 4.69) is 0 Å². The first-order valence-corrected chi connectivity index (χ1v) is 6.36. The number of aliphatic carboxylic acids is 1. The molecule has 96 valence electrons. The molecule has 1 amide bonds. The quantitative estimate of drug-likeness (QED) is 0.752. The van der Waals surface area contributed by atoms with Crippen molar-refractivity contribution in [2.45, 2.75) is 57.2 Å². The summed E-state index contributed by atoms with van der Waals surface area (Å²) in [7, 11) is 0. The van der Waals surface area contributed by atoms with Crippen molar-refractivity contribution in [2.24, 2.45) is 11.7 Å². The van der Waals surface area contributed by atoms with E-state index in [9.17, 15) is 9.59 Å². The van der Waals surface area contributed by atoms with Gasteiger partial charge in [0.25, 0.3) is 0 Å². The Balaban J connectivity index is 2.08. The Morgan fingerprint density at radius 1 is 1.47 bits per heavy atom. The van der Waals surface area contributed by atoms with Gasteiger partial charge in [-0.1, -0.05) is 13.3 Å². The average molecular weight is 240 g/mol. The lowest BCUT2D eigenvalue weighted by Crippen LogP contribution is -2.47. The number of carboxylic acids is 1. The van der Waals surface area contributed by atoms with Gasteiger partial charge in [0.15, 0.2) is 0 Å². The molecule has 0 aromatic heterocycles. The topological polar surface area (TPSA) is 83.6 Å². The number of carbonyl (C=O) groups excluding carboxylic acids is 1. The van der Waals surface area contributed by atoms with Crippen molar-refractivity contribution in [3.8, 4) is 0 Å². The van der Waals surface area contributed by atoms with E-state index in [1.54, 1.807) is 4.90 Å². The average Bonchev–Trinajstić information content (AvgIpc) is 2.85. The normalized spacial score (nSPS) is 32.8. The zero-order valence-electron chi connectivity index (χ0n) is 10.1. The van der Waals surface area contributed by atoms with Crippen molar-refractivity contribution in [1.82, 2.24) is 4.90 Å². The predicted octanol–water partition coefficient (Wildman–Crippen LogP) is 0.578. The van der Waals surface area contributed by atoms with Crippen LogP contribution in [0.15, 0.2) is 0 Å². The first-order valence-electron chi connectivity index (χ1n) is 6.36. The highest BCUT2D eigenvalue weighted by molar-refractivity contribution is 5.84. The van der Waals surface area contributed by atoms with Gasteiger partial charge in [-0.25, -0.2) is 0 Å². The van der Waals surface area contributed by atoms with Crippen LogP contribution < -0.4 is 5.73 Å². The minimum Gasteiger partial charge on any atom is -0.481 e. The molecule has 3 N–H and O–H groups in total. The van der Waals surface area contributed by atoms with Crippen LogP contribution in [0.3, 0.4) is 0 Å². The van der Waals surface area contributed by atoms with E-state index in [0.29, 0.717) is 12.8 Å². The Morgan fingerprint density at radius 2 is 2.18 bits per heavy atom. The Labute approximate surface area is 101 Å². The Morgan fingerprint density at radius 3 is 2.71 bits per heavy atom. The van der Waals surface area contributed by atoms with E-state index in [0.717, 1.165) is 19.3 Å². The van der Waals surface area contributed by atoms with Crippen LogP contribution in [-0.2, 0) is 9.59 Å². The number of carbonyl (C=O) groups is 2. The third-order valence-electron chi connectivity index (χ3n) is 4.03. The Kier molecular flexibility index (Phi) is 3.38. The first kappa shape index (κ1) is 12.4. The second-order valence-corrected chi connectivity index (χ2v) is 5.12. The molecule has 2 aliphatic rings. The third kappa shape index (κ3) is 2.04. The number of nitrogens with zero attached hydrogens (tertiary/aromatic N) is 1. The van der Waals surface area contributed by atoms with E-state index in [1.807, 2.05) is 6.92 Å². The summed E-state index contributed by atoms with van der Waals surface area (Å²) in [6.45, 7) is 1.99. The van der Waals surface area contributed by atoms with E-state index in [1.165, 1.54) is 0 Å². The van der Waals surface area contributed by atoms with Crippen LogP contribution in [0.1, 0.15) is 39.0 Å². The summed E-state index contributed by atoms with van der Waals surface area (Å²) in [4.78, 5) is 25.0. The van der Waals surface area contributed by atoms with Gasteiger partial charge in [-0.05, 0) is 25.7 Å². The molecule has 2 aliphatic heterocycles. The first-order chi connectivity index (χ1) is 8.06. The molecule has 17 heavy (non-hydrogen) atoms. The number of rotatable bonds is 4. The van der Waals surface area contributed by atoms with Gasteiger partial charge in [-0.15, -0.1) is 0 Å². The molecule has 5 heteroatoms. The number of carboxylic acid groups (broad SMARTS) is 1. The summed E-state index contributed by atoms with van der Waals surface area (Å²) in [6.07, 6.45) is 3.89. The Hall–Kier alpha value is -1.10. The summed E-state index contributed by atoms with van der Waals surface area (Å²) in [6, 6.07) is -0.472. The summed E-state index contributed by atoms with van der Waals surface area (Å²) in [5.74, 6) is -1.21. The van der Waals surface area contributed by atoms with Gasteiger partial charge in [0.2, 0.25) is 5.91 Å². The van der Waals surface area contributed by atoms with Gasteiger partial charge in [0, 0.05) is 12.1 Å². The van der Waals surface area contributed by atoms with Gasteiger partial charge in [-0.3, -0.25) is 9.59 Å². The predicted molar refractivity (Wildman–Crippen MR) is 62.3 cm³/mol. The van der Waals surface area contributed by atoms with Gasteiger partial charge < -0.3 is 15.7 Å². The maximum absolute atomic E-state index is 12.2. The van der Waals surface area contributed by atoms with Crippen molar-refractivity contribution >= 4 is 11.9 Å². The zero-order chi connectivity index (χ0) is 12.6. The van der Waals surface area contributed by atoms with Gasteiger partial charge in [-0.2, -0.15) is 0 Å². The van der Waals surface area contributed by atoms with Crippen LogP contribution in [0.5, 0.6) is 0 Å². The fourth-order valence-electron chi connectivity index (χ4n) is 3.22. The number of hydrogen-bond donors (Lipinski definition) is 2. The second kappa shape index (κ2) is 4.64. The fourth-order valence-corrected chi connectivity index (χ4v) is 3.22. The largest absolute Gasteiger partial charge is 0.481 e. The molecular formula is C12H20N2O3. The lowest BCUT2D eigenvalue weighted by Gasteiger charge is -2.26. The molecule has 3 unspecified atom stereocenters. The van der Waals surface area contributed by atoms with E-state index >= 15 is 0 Å². The van der Waals surface area contributed by atoms with Crippen LogP contribution in [0.4, 0.5) is 0 Å². The molecule has 2 bridgehead atoms. The van der Waals surface area contributed by atoms with Gasteiger partial charge in [0.05, 0.1) is 12.0 Å². The van der Waals surface area contributed by atoms with Crippen LogP contribution in [0.2, 0.25) is 0 Å². The highest BCUT2D eigenvalue weighted by atomic mass is 16.4. The molecule has 0 aliphatic carbocycles. The van der Waals surface area contributed by atoms with Crippen LogP contribution in [-0.4, -0.2) is 40.0 Å². The molecule has 2 heterocycles. The number of fused-ring (bicyclic) bond motifs is 2. The number of hydrogen-bond acceptors (Lipinski definition) is 3. The molecule has 5 nitrogen and oxygen atoms in total. The standard InChI is InChI=1S/C12H20N2O3/c1-2-3-9(13)11(15)14-7-4-5-10(14)8(6-7)12(16)17/h7-10H,2-6,13H2,1H3,(H,16,17)/t7?,8?,9-,10?/m1/s1. The minimum atomic E-state index is -0.779. The van der Waals surface area contributed by atoms with Crippen LogP contribution in [0.25, 0.3) is 0 Å². The zero-order valence-corrected chi connectivity index (χ0v) is 10.1. The molecular weight excluding hydrogens is 220 g/mol. The molecule has 2 rings (SSSR count). The number of amides is 1. The van der Waals surface area contributed by atoms with Crippen LogP contribution in [0, 0.1) is 5.92 Å². The van der Waals surface area contributed by atoms with Crippen LogP contribution >= 0.6 is 0 Å². The van der Waals surface area contributed by atoms with Crippen molar-refractivity contribution in [2.75, 3.05) is 0 Å². The fraction of sp³-hybridized carbons (Fsp3) is 0.833. The molecule has 0 spiro atoms. The Bertz CT molecular complexity index is 332. The van der Waals surface area contributed by atoms with E-state index in [-0.39, 0.29) is 23.9 Å². The lowest BCUT2D eigenvalue weighted by atomic mass is 9.89. The van der Waals surface area contributed by atoms with Crippen molar-refractivity contribution in [1.29, 1.82) is 0 Å². The maximum atomic E-state index is 12.2. The maximum Gasteiger partial charge on any atom is 0.308 e. The number of nitrogens with two attached hydrogens (primary N) is 1. The van der Waals surface area contributed by atoms with Gasteiger partial charge >= 0.3 is 5.97 Å². The highest BCUT2D eigenvalue weighted by Gasteiger charge is 2.51. The minimum absolute atomic E-state index is 0.0527. The lowest BCUT2D eigenvalue weighted by molar-refractivity contribution is -0.143. The molecule has 4 atom stereocenters. The molecule has 0 saturated carbocycles. The van der Waals surface area contributed by atoms with Crippen molar-refractivity contribution in [3.63, 3.8) is 0 Å². The summed E-state index contributed by atoms with van der Waals surface area (Å²) >= 11 is 0. The smallest absolute Gasteiger partial charge is 0.308 e. The second-order valence-electron chi connectivity index (χ2n) is 5.12. The summed E-state index contributed by atoms with van der Waals surface area (Å²) in [5.41, 5.74) is 5.84. The highest BCUT2D eigenvalue weighted by Crippen LogP contribution is 2.42. The van der Waals surface area contributed by atoms with Crippen molar-refractivity contribution < 1.29 is 14.7 Å².